The Kier molecular flexibility index (Phi) is 2.41. The number of aromatic nitrogens is 2. The summed E-state index contributed by atoms with van der Waals surface area (Å²) in [6.45, 7) is 1.88. The predicted octanol–water partition coefficient (Wildman–Crippen LogP) is 2.84. The smallest absolute Gasteiger partial charge is 0.180 e. The lowest BCUT2D eigenvalue weighted by atomic mass is 10.0. The molecule has 0 saturated carbocycles. The third kappa shape index (κ3) is 1.53. The van der Waals surface area contributed by atoms with E-state index in [1.54, 1.807) is 10.7 Å². The van der Waals surface area contributed by atoms with Crippen LogP contribution in [0.2, 0.25) is 5.02 Å². The Hall–Kier alpha value is -1.81. The van der Waals surface area contributed by atoms with E-state index in [9.17, 15) is 4.79 Å². The topological polar surface area (TPSA) is 44.1 Å². The zero-order valence-electron chi connectivity index (χ0n) is 10.0. The summed E-state index contributed by atoms with van der Waals surface area (Å²) in [7, 11) is 1.82. The van der Waals surface area contributed by atoms with Gasteiger partial charge in [0.15, 0.2) is 5.78 Å². The molecule has 2 aromatic rings. The van der Waals surface area contributed by atoms with Gasteiger partial charge in [0.2, 0.25) is 0 Å². The van der Waals surface area contributed by atoms with Crippen LogP contribution in [0.15, 0.2) is 18.2 Å². The second-order valence-corrected chi connectivity index (χ2v) is 4.72. The fraction of sp³-hybridized carbons (Fsp3) is 0.231. The van der Waals surface area contributed by atoms with E-state index in [0.717, 1.165) is 22.6 Å². The Balaban J connectivity index is 2.30. The molecule has 2 heterocycles. The zero-order valence-corrected chi connectivity index (χ0v) is 10.8. The molecular formula is C13H11ClN2O2. The number of hydrogen-bond acceptors (Lipinski definition) is 3. The first-order valence-corrected chi connectivity index (χ1v) is 5.95. The summed E-state index contributed by atoms with van der Waals surface area (Å²) in [5.74, 6) is 0.714. The van der Waals surface area contributed by atoms with Crippen LogP contribution in [0.5, 0.6) is 5.75 Å². The quantitative estimate of drug-likeness (QED) is 0.743. The molecule has 0 bridgehead atoms. The molecule has 0 aliphatic carbocycles. The van der Waals surface area contributed by atoms with Gasteiger partial charge in [-0.2, -0.15) is 5.10 Å². The molecule has 0 N–H and O–H groups in total. The number of carbonyl (C=O) groups is 1. The minimum absolute atomic E-state index is 0.0547. The number of carbonyl (C=O) groups excluding carboxylic acids is 1. The summed E-state index contributed by atoms with van der Waals surface area (Å²) in [6.07, 6.45) is 0. The van der Waals surface area contributed by atoms with Crippen molar-refractivity contribution in [2.75, 3.05) is 0 Å². The summed E-state index contributed by atoms with van der Waals surface area (Å²) in [5, 5.41) is 4.90. The SMILES string of the molecule is CC(=O)c1nn(C)c2c1COc1ccc(Cl)cc1-2. The molecule has 92 valence electrons. The van der Waals surface area contributed by atoms with Crippen molar-refractivity contribution < 1.29 is 9.53 Å². The number of hydrogen-bond donors (Lipinski definition) is 0. The minimum Gasteiger partial charge on any atom is -0.488 e. The minimum atomic E-state index is -0.0547. The Morgan fingerprint density at radius 2 is 2.28 bits per heavy atom. The lowest BCUT2D eigenvalue weighted by Crippen LogP contribution is -2.08. The normalized spacial score (nSPS) is 12.6. The molecule has 1 aliphatic heterocycles. The molecule has 0 saturated heterocycles. The summed E-state index contributed by atoms with van der Waals surface area (Å²) in [6, 6.07) is 5.45. The number of ketones is 1. The molecule has 1 aromatic carbocycles. The first-order valence-electron chi connectivity index (χ1n) is 5.57. The molecule has 1 aromatic heterocycles. The maximum atomic E-state index is 11.6. The molecule has 1 aliphatic rings. The zero-order chi connectivity index (χ0) is 12.9. The van der Waals surface area contributed by atoms with Crippen molar-refractivity contribution in [1.82, 2.24) is 9.78 Å². The van der Waals surface area contributed by atoms with Crippen molar-refractivity contribution in [2.24, 2.45) is 7.05 Å². The highest BCUT2D eigenvalue weighted by atomic mass is 35.5. The summed E-state index contributed by atoms with van der Waals surface area (Å²) >= 11 is 6.01. The number of Topliss-reactive ketones (excluding diaryl/α,β-unsaturated/α-hetero) is 1. The van der Waals surface area contributed by atoms with Crippen molar-refractivity contribution in [1.29, 1.82) is 0 Å². The number of ether oxygens (including phenoxy) is 1. The molecule has 0 atom stereocenters. The third-order valence-corrected chi connectivity index (χ3v) is 3.28. The Morgan fingerprint density at radius 3 is 3.00 bits per heavy atom. The van der Waals surface area contributed by atoms with Gasteiger partial charge in [0.25, 0.3) is 0 Å². The summed E-state index contributed by atoms with van der Waals surface area (Å²) in [4.78, 5) is 11.6. The second-order valence-electron chi connectivity index (χ2n) is 4.28. The maximum Gasteiger partial charge on any atom is 0.180 e. The fourth-order valence-electron chi connectivity index (χ4n) is 2.29. The Morgan fingerprint density at radius 1 is 1.50 bits per heavy atom. The monoisotopic (exact) mass is 262 g/mol. The van der Waals surface area contributed by atoms with Gasteiger partial charge in [-0.25, -0.2) is 0 Å². The van der Waals surface area contributed by atoms with Crippen LogP contribution in [0.4, 0.5) is 0 Å². The van der Waals surface area contributed by atoms with E-state index in [1.807, 2.05) is 19.2 Å². The molecule has 0 unspecified atom stereocenters. The lowest BCUT2D eigenvalue weighted by Gasteiger charge is -2.18. The number of rotatable bonds is 1. The van der Waals surface area contributed by atoms with Gasteiger partial charge in [0, 0.05) is 30.1 Å². The van der Waals surface area contributed by atoms with Crippen LogP contribution in [0, 0.1) is 0 Å². The van der Waals surface area contributed by atoms with E-state index in [0.29, 0.717) is 17.3 Å². The average molecular weight is 263 g/mol. The second kappa shape index (κ2) is 3.85. The van der Waals surface area contributed by atoms with Gasteiger partial charge < -0.3 is 4.74 Å². The largest absolute Gasteiger partial charge is 0.488 e. The van der Waals surface area contributed by atoms with Gasteiger partial charge in [-0.3, -0.25) is 9.48 Å². The number of benzene rings is 1. The predicted molar refractivity (Wildman–Crippen MR) is 68.0 cm³/mol. The Labute approximate surface area is 109 Å². The highest BCUT2D eigenvalue weighted by Crippen LogP contribution is 2.39. The van der Waals surface area contributed by atoms with Gasteiger partial charge >= 0.3 is 0 Å². The highest BCUT2D eigenvalue weighted by Gasteiger charge is 2.26. The van der Waals surface area contributed by atoms with Crippen molar-refractivity contribution in [3.63, 3.8) is 0 Å². The molecule has 18 heavy (non-hydrogen) atoms. The van der Waals surface area contributed by atoms with Crippen molar-refractivity contribution in [2.45, 2.75) is 13.5 Å². The van der Waals surface area contributed by atoms with Gasteiger partial charge in [-0.05, 0) is 18.2 Å². The maximum absolute atomic E-state index is 11.6. The van der Waals surface area contributed by atoms with Gasteiger partial charge in [0.1, 0.15) is 18.1 Å². The van der Waals surface area contributed by atoms with Crippen LogP contribution in [0.25, 0.3) is 11.3 Å². The van der Waals surface area contributed by atoms with Gasteiger partial charge in [-0.1, -0.05) is 11.6 Å². The molecule has 0 fully saturated rings. The van der Waals surface area contributed by atoms with Crippen LogP contribution in [-0.4, -0.2) is 15.6 Å². The highest BCUT2D eigenvalue weighted by molar-refractivity contribution is 6.31. The summed E-state index contributed by atoms with van der Waals surface area (Å²) in [5.41, 5.74) is 3.09. The fourth-order valence-corrected chi connectivity index (χ4v) is 2.46. The van der Waals surface area contributed by atoms with Crippen LogP contribution in [-0.2, 0) is 13.7 Å². The van der Waals surface area contributed by atoms with Crippen LogP contribution in [0.3, 0.4) is 0 Å². The standard InChI is InChI=1S/C13H11ClN2O2/c1-7(17)12-10-6-18-11-4-3-8(14)5-9(11)13(10)16(2)15-12/h3-5H,6H2,1-2H3. The molecule has 5 heteroatoms. The van der Waals surface area contributed by atoms with Gasteiger partial charge in [0.05, 0.1) is 5.69 Å². The van der Waals surface area contributed by atoms with Crippen LogP contribution in [0.1, 0.15) is 23.0 Å². The molecular weight excluding hydrogens is 252 g/mol. The molecule has 0 spiro atoms. The van der Waals surface area contributed by atoms with Crippen molar-refractivity contribution >= 4 is 17.4 Å². The molecule has 3 rings (SSSR count). The number of halogens is 1. The van der Waals surface area contributed by atoms with Crippen molar-refractivity contribution in [3.8, 4) is 17.0 Å². The first kappa shape index (κ1) is 11.3. The van der Waals surface area contributed by atoms with E-state index in [4.69, 9.17) is 16.3 Å². The first-order chi connectivity index (χ1) is 8.58. The van der Waals surface area contributed by atoms with E-state index in [2.05, 4.69) is 5.10 Å². The van der Waals surface area contributed by atoms with E-state index < -0.39 is 0 Å². The number of nitrogens with zero attached hydrogens (tertiary/aromatic N) is 2. The molecule has 0 amide bonds. The van der Waals surface area contributed by atoms with Crippen molar-refractivity contribution in [3.05, 3.63) is 34.5 Å². The van der Waals surface area contributed by atoms with Crippen LogP contribution >= 0.6 is 11.6 Å². The molecule has 0 radical (unpaired) electrons. The van der Waals surface area contributed by atoms with E-state index >= 15 is 0 Å². The lowest BCUT2D eigenvalue weighted by molar-refractivity contribution is 0.101. The number of fused-ring (bicyclic) bond motifs is 3. The number of aryl methyl sites for hydroxylation is 1. The van der Waals surface area contributed by atoms with E-state index in [-0.39, 0.29) is 5.78 Å². The third-order valence-electron chi connectivity index (χ3n) is 3.05. The molecule has 4 nitrogen and oxygen atoms in total. The summed E-state index contributed by atoms with van der Waals surface area (Å²) < 4.78 is 7.36. The average Bonchev–Trinajstić information content (AvgIpc) is 2.67. The van der Waals surface area contributed by atoms with Crippen LogP contribution < -0.4 is 4.74 Å². The van der Waals surface area contributed by atoms with Gasteiger partial charge in [-0.15, -0.1) is 0 Å². The Bertz CT molecular complexity index is 661. The van der Waals surface area contributed by atoms with E-state index in [1.165, 1.54) is 6.92 Å².